The van der Waals surface area contributed by atoms with E-state index in [1.54, 1.807) is 12.1 Å². The first kappa shape index (κ1) is 23.7. The van der Waals surface area contributed by atoms with Crippen molar-refractivity contribution >= 4 is 69.5 Å². The number of halogens is 1. The Bertz CT molecular complexity index is 1160. The Labute approximate surface area is 203 Å². The standard InChI is InChI=1S/C22H19IN2O6S/c1-11(2)31-18-16(23)8-12(9-17(18)30-3)7-15-19(26)24-22(32)25(20(15)27)14-6-4-5-13(10-14)21(28)29/h4-11H,1-3H3,(H,28,29)(H,24,26,32). The molecule has 3 rings (SSSR count). The van der Waals surface area contributed by atoms with Crippen molar-refractivity contribution in [3.8, 4) is 11.5 Å². The molecule has 0 aliphatic carbocycles. The van der Waals surface area contributed by atoms with E-state index in [1.165, 1.54) is 37.5 Å². The molecule has 8 nitrogen and oxygen atoms in total. The van der Waals surface area contributed by atoms with Gasteiger partial charge in [-0.05, 0) is 90.6 Å². The fourth-order valence-electron chi connectivity index (χ4n) is 3.01. The highest BCUT2D eigenvalue weighted by Crippen LogP contribution is 2.35. The molecule has 0 aromatic heterocycles. The van der Waals surface area contributed by atoms with Crippen LogP contribution in [0.3, 0.4) is 0 Å². The van der Waals surface area contributed by atoms with Crippen molar-refractivity contribution < 1.29 is 29.0 Å². The molecule has 0 unspecified atom stereocenters. The summed E-state index contributed by atoms with van der Waals surface area (Å²) < 4.78 is 12.0. The number of carboxylic acids is 1. The maximum absolute atomic E-state index is 13.2. The third-order valence-electron chi connectivity index (χ3n) is 4.37. The molecule has 2 amide bonds. The van der Waals surface area contributed by atoms with E-state index in [-0.39, 0.29) is 28.0 Å². The van der Waals surface area contributed by atoms with E-state index < -0.39 is 17.8 Å². The number of hydrogen-bond donors (Lipinski definition) is 2. The monoisotopic (exact) mass is 566 g/mol. The van der Waals surface area contributed by atoms with E-state index in [0.717, 1.165) is 8.47 Å². The highest BCUT2D eigenvalue weighted by Gasteiger charge is 2.34. The predicted octanol–water partition coefficient (Wildman–Crippen LogP) is 3.62. The summed E-state index contributed by atoms with van der Waals surface area (Å²) in [5.74, 6) is -1.44. The zero-order valence-electron chi connectivity index (χ0n) is 17.3. The van der Waals surface area contributed by atoms with Crippen LogP contribution in [0.2, 0.25) is 0 Å². The van der Waals surface area contributed by atoms with Gasteiger partial charge in [0.25, 0.3) is 11.8 Å². The Morgan fingerprint density at radius 3 is 2.59 bits per heavy atom. The average Bonchev–Trinajstić information content (AvgIpc) is 2.72. The topological polar surface area (TPSA) is 105 Å². The molecule has 1 aliphatic rings. The Kier molecular flexibility index (Phi) is 7.14. The summed E-state index contributed by atoms with van der Waals surface area (Å²) in [7, 11) is 1.50. The number of nitrogens with zero attached hydrogens (tertiary/aromatic N) is 1. The smallest absolute Gasteiger partial charge is 0.335 e. The molecule has 32 heavy (non-hydrogen) atoms. The van der Waals surface area contributed by atoms with Crippen LogP contribution in [0, 0.1) is 3.57 Å². The second kappa shape index (κ2) is 9.65. The maximum Gasteiger partial charge on any atom is 0.335 e. The van der Waals surface area contributed by atoms with Crippen LogP contribution in [-0.4, -0.2) is 41.2 Å². The summed E-state index contributed by atoms with van der Waals surface area (Å²) in [4.78, 5) is 38.1. The van der Waals surface area contributed by atoms with E-state index in [4.69, 9.17) is 21.7 Å². The zero-order valence-corrected chi connectivity index (χ0v) is 20.3. The number of carbonyl (C=O) groups excluding carboxylic acids is 2. The summed E-state index contributed by atoms with van der Waals surface area (Å²) in [5, 5.41) is 11.6. The number of hydrogen-bond acceptors (Lipinski definition) is 6. The quantitative estimate of drug-likeness (QED) is 0.238. The molecule has 10 heteroatoms. The van der Waals surface area contributed by atoms with Crippen molar-refractivity contribution in [2.45, 2.75) is 20.0 Å². The molecule has 1 saturated heterocycles. The molecule has 0 bridgehead atoms. The largest absolute Gasteiger partial charge is 0.493 e. The summed E-state index contributed by atoms with van der Waals surface area (Å²) in [6.45, 7) is 3.79. The van der Waals surface area contributed by atoms with Crippen LogP contribution in [0.4, 0.5) is 5.69 Å². The van der Waals surface area contributed by atoms with Gasteiger partial charge in [0, 0.05) is 0 Å². The van der Waals surface area contributed by atoms with Gasteiger partial charge in [0.15, 0.2) is 16.6 Å². The third-order valence-corrected chi connectivity index (χ3v) is 5.46. The molecule has 1 fully saturated rings. The summed E-state index contributed by atoms with van der Waals surface area (Å²) >= 11 is 7.26. The minimum atomic E-state index is -1.15. The van der Waals surface area contributed by atoms with E-state index >= 15 is 0 Å². The number of anilines is 1. The fourth-order valence-corrected chi connectivity index (χ4v) is 4.04. The third kappa shape index (κ3) is 4.91. The number of nitrogens with one attached hydrogen (secondary N) is 1. The normalized spacial score (nSPS) is 15.2. The molecule has 1 aliphatic heterocycles. The first-order chi connectivity index (χ1) is 15.1. The Morgan fingerprint density at radius 1 is 1.25 bits per heavy atom. The maximum atomic E-state index is 13.2. The van der Waals surface area contributed by atoms with Crippen LogP contribution in [-0.2, 0) is 9.59 Å². The second-order valence-electron chi connectivity index (χ2n) is 7.01. The van der Waals surface area contributed by atoms with Crippen LogP contribution in [0.25, 0.3) is 6.08 Å². The summed E-state index contributed by atoms with van der Waals surface area (Å²) in [6.07, 6.45) is 1.36. The van der Waals surface area contributed by atoms with Crippen LogP contribution in [0.1, 0.15) is 29.8 Å². The van der Waals surface area contributed by atoms with Gasteiger partial charge in [0.05, 0.1) is 28.0 Å². The number of rotatable bonds is 6. The van der Waals surface area contributed by atoms with Gasteiger partial charge in [-0.15, -0.1) is 0 Å². The fraction of sp³-hybridized carbons (Fsp3) is 0.182. The number of benzene rings is 2. The number of aromatic carboxylic acids is 1. The highest BCUT2D eigenvalue weighted by atomic mass is 127. The van der Waals surface area contributed by atoms with E-state index in [1.807, 2.05) is 13.8 Å². The first-order valence-electron chi connectivity index (χ1n) is 9.41. The first-order valence-corrected chi connectivity index (χ1v) is 10.9. The van der Waals surface area contributed by atoms with Crippen LogP contribution in [0.15, 0.2) is 42.0 Å². The van der Waals surface area contributed by atoms with Gasteiger partial charge in [-0.3, -0.25) is 19.8 Å². The van der Waals surface area contributed by atoms with Crippen LogP contribution < -0.4 is 19.7 Å². The van der Waals surface area contributed by atoms with Gasteiger partial charge in [0.2, 0.25) is 0 Å². The number of ether oxygens (including phenoxy) is 2. The van der Waals surface area contributed by atoms with Crippen molar-refractivity contribution in [2.75, 3.05) is 12.0 Å². The van der Waals surface area contributed by atoms with Crippen LogP contribution >= 0.6 is 34.8 Å². The zero-order chi connectivity index (χ0) is 23.6. The molecule has 0 radical (unpaired) electrons. The Balaban J connectivity index is 2.04. The SMILES string of the molecule is COc1cc(C=C2C(=O)NC(=S)N(c3cccc(C(=O)O)c3)C2=O)cc(I)c1OC(C)C. The minimum absolute atomic E-state index is 0.0134. The number of methoxy groups -OCH3 is 1. The number of amides is 2. The molecular weight excluding hydrogens is 547 g/mol. The highest BCUT2D eigenvalue weighted by molar-refractivity contribution is 14.1. The molecule has 2 aromatic carbocycles. The van der Waals surface area contributed by atoms with Gasteiger partial charge < -0.3 is 14.6 Å². The molecule has 2 N–H and O–H groups in total. The van der Waals surface area contributed by atoms with Gasteiger partial charge >= 0.3 is 5.97 Å². The van der Waals surface area contributed by atoms with Crippen molar-refractivity contribution in [1.82, 2.24) is 5.32 Å². The van der Waals surface area contributed by atoms with Crippen molar-refractivity contribution in [3.05, 3.63) is 56.7 Å². The number of carbonyl (C=O) groups is 3. The Morgan fingerprint density at radius 2 is 1.97 bits per heavy atom. The lowest BCUT2D eigenvalue weighted by Crippen LogP contribution is -2.54. The summed E-state index contributed by atoms with van der Waals surface area (Å²) in [5.41, 5.74) is 0.613. The number of carboxylic acid groups (broad SMARTS) is 1. The van der Waals surface area contributed by atoms with Crippen molar-refractivity contribution in [1.29, 1.82) is 0 Å². The van der Waals surface area contributed by atoms with Gasteiger partial charge in [-0.1, -0.05) is 6.07 Å². The average molecular weight is 566 g/mol. The van der Waals surface area contributed by atoms with Crippen molar-refractivity contribution in [3.63, 3.8) is 0 Å². The molecule has 0 atom stereocenters. The van der Waals surface area contributed by atoms with E-state index in [0.29, 0.717) is 17.1 Å². The number of thiocarbonyl (C=S) groups is 1. The predicted molar refractivity (Wildman–Crippen MR) is 131 cm³/mol. The molecule has 1 heterocycles. The molecule has 166 valence electrons. The van der Waals surface area contributed by atoms with Crippen molar-refractivity contribution in [2.24, 2.45) is 0 Å². The molecular formula is C22H19IN2O6S. The van der Waals surface area contributed by atoms with Gasteiger partial charge in [-0.25, -0.2) is 4.79 Å². The second-order valence-corrected chi connectivity index (χ2v) is 8.56. The Hall–Kier alpha value is -2.99. The minimum Gasteiger partial charge on any atom is -0.493 e. The molecule has 0 saturated carbocycles. The lowest BCUT2D eigenvalue weighted by atomic mass is 10.1. The lowest BCUT2D eigenvalue weighted by Gasteiger charge is -2.29. The van der Waals surface area contributed by atoms with Gasteiger partial charge in [-0.2, -0.15) is 0 Å². The van der Waals surface area contributed by atoms with Crippen LogP contribution in [0.5, 0.6) is 11.5 Å². The lowest BCUT2D eigenvalue weighted by molar-refractivity contribution is -0.122. The molecule has 2 aromatic rings. The van der Waals surface area contributed by atoms with E-state index in [2.05, 4.69) is 27.9 Å². The summed E-state index contributed by atoms with van der Waals surface area (Å²) in [6, 6.07) is 9.16. The van der Waals surface area contributed by atoms with Gasteiger partial charge in [0.1, 0.15) is 5.57 Å². The van der Waals surface area contributed by atoms with E-state index in [9.17, 15) is 19.5 Å². The molecule has 0 spiro atoms.